The van der Waals surface area contributed by atoms with Crippen molar-refractivity contribution >= 4 is 17.7 Å². The fourth-order valence-corrected chi connectivity index (χ4v) is 4.39. The van der Waals surface area contributed by atoms with Crippen LogP contribution in [0.3, 0.4) is 0 Å². The van der Waals surface area contributed by atoms with Crippen molar-refractivity contribution in [2.24, 2.45) is 0 Å². The van der Waals surface area contributed by atoms with E-state index in [0.29, 0.717) is 5.75 Å². The number of hydrogen-bond donors (Lipinski definition) is 1. The summed E-state index contributed by atoms with van der Waals surface area (Å²) in [5.74, 6) is 6.76. The number of aromatic carboxylic acids is 1. The van der Waals surface area contributed by atoms with Gasteiger partial charge in [0.15, 0.2) is 0 Å². The zero-order chi connectivity index (χ0) is 18.0. The van der Waals surface area contributed by atoms with Gasteiger partial charge in [-0.3, -0.25) is 0 Å². The number of carbonyl (C=O) groups is 1. The molecule has 0 amide bonds. The molecule has 1 aliphatic heterocycles. The summed E-state index contributed by atoms with van der Waals surface area (Å²) in [7, 11) is 1.46. The quantitative estimate of drug-likeness (QED) is 0.805. The number of rotatable bonds is 2. The zero-order valence-corrected chi connectivity index (χ0v) is 15.4. The number of carboxylic acid groups (broad SMARTS) is 1. The first-order valence-corrected chi connectivity index (χ1v) is 9.10. The van der Waals surface area contributed by atoms with Crippen LogP contribution >= 0.6 is 11.8 Å². The van der Waals surface area contributed by atoms with Crippen LogP contribution in [0.1, 0.15) is 47.3 Å². The van der Waals surface area contributed by atoms with E-state index in [2.05, 4.69) is 37.8 Å². The SMILES string of the molecule is COc1cc(C#Cc2ccc3c(c2)C(C)(C)CCS3)ccc1C(=O)O. The maximum absolute atomic E-state index is 11.2. The first-order valence-electron chi connectivity index (χ1n) is 8.11. The van der Waals surface area contributed by atoms with E-state index in [1.807, 2.05) is 17.8 Å². The van der Waals surface area contributed by atoms with Crippen LogP contribution in [0.2, 0.25) is 0 Å². The Hall–Kier alpha value is -2.38. The first-order chi connectivity index (χ1) is 11.9. The molecule has 4 heteroatoms. The van der Waals surface area contributed by atoms with Gasteiger partial charge in [-0.1, -0.05) is 25.7 Å². The molecular weight excluding hydrogens is 332 g/mol. The van der Waals surface area contributed by atoms with Crippen LogP contribution in [0.25, 0.3) is 0 Å². The molecule has 0 bridgehead atoms. The molecule has 0 saturated heterocycles. The van der Waals surface area contributed by atoms with Gasteiger partial charge < -0.3 is 9.84 Å². The van der Waals surface area contributed by atoms with Crippen molar-refractivity contribution in [2.75, 3.05) is 12.9 Å². The largest absolute Gasteiger partial charge is 0.496 e. The Labute approximate surface area is 152 Å². The van der Waals surface area contributed by atoms with Crippen LogP contribution in [0.4, 0.5) is 0 Å². The number of thioether (sulfide) groups is 1. The Morgan fingerprint density at radius 2 is 1.84 bits per heavy atom. The van der Waals surface area contributed by atoms with Crippen LogP contribution in [-0.2, 0) is 5.41 Å². The lowest BCUT2D eigenvalue weighted by Crippen LogP contribution is -2.22. The van der Waals surface area contributed by atoms with Gasteiger partial charge in [0, 0.05) is 16.0 Å². The van der Waals surface area contributed by atoms with Crippen LogP contribution in [0.5, 0.6) is 5.75 Å². The highest BCUT2D eigenvalue weighted by atomic mass is 32.2. The molecule has 1 heterocycles. The van der Waals surface area contributed by atoms with Crippen molar-refractivity contribution in [3.05, 3.63) is 58.7 Å². The van der Waals surface area contributed by atoms with E-state index < -0.39 is 5.97 Å². The van der Waals surface area contributed by atoms with Gasteiger partial charge in [-0.25, -0.2) is 4.79 Å². The number of benzene rings is 2. The zero-order valence-electron chi connectivity index (χ0n) is 14.6. The monoisotopic (exact) mass is 352 g/mol. The Bertz CT molecular complexity index is 888. The molecule has 3 rings (SSSR count). The third-order valence-corrected chi connectivity index (χ3v) is 5.55. The molecule has 1 aliphatic rings. The van der Waals surface area contributed by atoms with Gasteiger partial charge >= 0.3 is 5.97 Å². The Morgan fingerprint density at radius 3 is 2.52 bits per heavy atom. The molecule has 0 atom stereocenters. The molecule has 128 valence electrons. The van der Waals surface area contributed by atoms with Crippen molar-refractivity contribution in [1.29, 1.82) is 0 Å². The molecule has 3 nitrogen and oxygen atoms in total. The van der Waals surface area contributed by atoms with Gasteiger partial charge in [0.1, 0.15) is 11.3 Å². The van der Waals surface area contributed by atoms with E-state index in [1.165, 1.54) is 23.6 Å². The number of hydrogen-bond acceptors (Lipinski definition) is 3. The summed E-state index contributed by atoms with van der Waals surface area (Å²) in [4.78, 5) is 12.5. The van der Waals surface area contributed by atoms with Gasteiger partial charge in [-0.05, 0) is 59.6 Å². The maximum atomic E-state index is 11.2. The Kier molecular flexibility index (Phi) is 4.78. The van der Waals surface area contributed by atoms with Crippen molar-refractivity contribution < 1.29 is 14.6 Å². The molecule has 0 saturated carbocycles. The topological polar surface area (TPSA) is 46.5 Å². The van der Waals surface area contributed by atoms with Gasteiger partial charge in [0.05, 0.1) is 7.11 Å². The van der Waals surface area contributed by atoms with Crippen molar-refractivity contribution in [2.45, 2.75) is 30.6 Å². The van der Waals surface area contributed by atoms with E-state index in [4.69, 9.17) is 9.84 Å². The maximum Gasteiger partial charge on any atom is 0.339 e. The standard InChI is InChI=1S/C21H20O3S/c1-21(2)10-11-25-19-9-7-14(12-17(19)21)4-5-15-6-8-16(20(22)23)18(13-15)24-3/h6-9,12-13H,10-11H2,1-3H3,(H,22,23). The Morgan fingerprint density at radius 1 is 1.16 bits per heavy atom. The molecule has 25 heavy (non-hydrogen) atoms. The summed E-state index contributed by atoms with van der Waals surface area (Å²) in [6.07, 6.45) is 1.16. The highest BCUT2D eigenvalue weighted by molar-refractivity contribution is 7.99. The minimum absolute atomic E-state index is 0.139. The predicted molar refractivity (Wildman–Crippen MR) is 101 cm³/mol. The van der Waals surface area contributed by atoms with E-state index in [-0.39, 0.29) is 11.0 Å². The van der Waals surface area contributed by atoms with Gasteiger partial charge in [-0.15, -0.1) is 11.8 Å². The van der Waals surface area contributed by atoms with Gasteiger partial charge in [-0.2, -0.15) is 0 Å². The van der Waals surface area contributed by atoms with Crippen molar-refractivity contribution in [3.8, 4) is 17.6 Å². The van der Waals surface area contributed by atoms with E-state index in [9.17, 15) is 4.79 Å². The third-order valence-electron chi connectivity index (χ3n) is 4.48. The lowest BCUT2D eigenvalue weighted by molar-refractivity contribution is 0.0693. The molecule has 0 aliphatic carbocycles. The van der Waals surface area contributed by atoms with E-state index in [0.717, 1.165) is 23.3 Å². The second-order valence-corrected chi connectivity index (χ2v) is 7.80. The molecule has 0 unspecified atom stereocenters. The second-order valence-electron chi connectivity index (χ2n) is 6.66. The van der Waals surface area contributed by atoms with E-state index in [1.54, 1.807) is 12.1 Å². The van der Waals surface area contributed by atoms with Gasteiger partial charge in [0.25, 0.3) is 0 Å². The molecule has 1 N–H and O–H groups in total. The fourth-order valence-electron chi connectivity index (χ4n) is 2.90. The van der Waals surface area contributed by atoms with Crippen LogP contribution in [0, 0.1) is 11.8 Å². The smallest absolute Gasteiger partial charge is 0.339 e. The summed E-state index contributed by atoms with van der Waals surface area (Å²) in [5.41, 5.74) is 3.36. The first kappa shape index (κ1) is 17.4. The summed E-state index contributed by atoms with van der Waals surface area (Å²) in [6.45, 7) is 4.55. The molecule has 2 aromatic carbocycles. The van der Waals surface area contributed by atoms with Gasteiger partial charge in [0.2, 0.25) is 0 Å². The number of ether oxygens (including phenoxy) is 1. The molecule has 0 radical (unpaired) electrons. The third kappa shape index (κ3) is 3.67. The molecule has 2 aromatic rings. The summed E-state index contributed by atoms with van der Waals surface area (Å²) < 4.78 is 5.15. The molecular formula is C21H20O3S. The van der Waals surface area contributed by atoms with Crippen LogP contribution < -0.4 is 4.74 Å². The van der Waals surface area contributed by atoms with Crippen molar-refractivity contribution in [3.63, 3.8) is 0 Å². The number of carboxylic acids is 1. The van der Waals surface area contributed by atoms with Crippen LogP contribution in [-0.4, -0.2) is 23.9 Å². The highest BCUT2D eigenvalue weighted by Gasteiger charge is 2.27. The minimum atomic E-state index is -1.01. The summed E-state index contributed by atoms with van der Waals surface area (Å²) in [6, 6.07) is 11.3. The average molecular weight is 352 g/mol. The average Bonchev–Trinajstić information content (AvgIpc) is 2.59. The summed E-state index contributed by atoms with van der Waals surface area (Å²) >= 11 is 1.90. The number of fused-ring (bicyclic) bond motifs is 1. The molecule has 0 aromatic heterocycles. The minimum Gasteiger partial charge on any atom is -0.496 e. The lowest BCUT2D eigenvalue weighted by Gasteiger charge is -2.32. The number of methoxy groups -OCH3 is 1. The highest BCUT2D eigenvalue weighted by Crippen LogP contribution is 2.41. The lowest BCUT2D eigenvalue weighted by atomic mass is 9.81. The second kappa shape index (κ2) is 6.85. The van der Waals surface area contributed by atoms with Crippen LogP contribution in [0.15, 0.2) is 41.3 Å². The normalized spacial score (nSPS) is 14.8. The predicted octanol–water partition coefficient (Wildman–Crippen LogP) is 4.57. The van der Waals surface area contributed by atoms with E-state index >= 15 is 0 Å². The molecule has 0 fully saturated rings. The fraction of sp³-hybridized carbons (Fsp3) is 0.286. The Balaban J connectivity index is 1.93. The summed E-state index contributed by atoms with van der Waals surface area (Å²) in [5, 5.41) is 9.14. The molecule has 0 spiro atoms. The van der Waals surface area contributed by atoms with Crippen molar-refractivity contribution in [1.82, 2.24) is 0 Å².